The van der Waals surface area contributed by atoms with Crippen LogP contribution in [-0.4, -0.2) is 29.1 Å². The minimum Gasteiger partial charge on any atom is -0.311 e. The van der Waals surface area contributed by atoms with E-state index < -0.39 is 0 Å². The topological polar surface area (TPSA) is 7.60 Å². The second-order valence-corrected chi connectivity index (χ2v) is 5.27. The van der Waals surface area contributed by atoms with E-state index in [4.69, 9.17) is 6.57 Å². The highest BCUT2D eigenvalue weighted by atomic mass is 15.2. The zero-order chi connectivity index (χ0) is 10.1. The fourth-order valence-electron chi connectivity index (χ4n) is 1.77. The highest BCUT2D eigenvalue weighted by Crippen LogP contribution is 2.29. The van der Waals surface area contributed by atoms with Gasteiger partial charge in [0.15, 0.2) is 0 Å². The molecule has 0 radical (unpaired) electrons. The molecule has 1 rings (SSSR count). The van der Waals surface area contributed by atoms with E-state index in [0.29, 0.717) is 0 Å². The van der Waals surface area contributed by atoms with Gasteiger partial charge >= 0.3 is 0 Å². The first-order valence-corrected chi connectivity index (χ1v) is 5.01. The van der Waals surface area contributed by atoms with Crippen LogP contribution in [0, 0.1) is 6.57 Å². The third-order valence-corrected chi connectivity index (χ3v) is 3.06. The Morgan fingerprint density at radius 1 is 1.23 bits per heavy atom. The van der Waals surface area contributed by atoms with Gasteiger partial charge in [0, 0.05) is 38.4 Å². The lowest BCUT2D eigenvalue weighted by Crippen LogP contribution is -2.49. The molecule has 1 fully saturated rings. The Labute approximate surface area is 81.7 Å². The number of likely N-dealkylation sites (tertiary alicyclic amines) is 1. The van der Waals surface area contributed by atoms with E-state index in [0.717, 1.165) is 25.9 Å². The molecule has 1 saturated heterocycles. The zero-order valence-electron chi connectivity index (χ0n) is 9.22. The van der Waals surface area contributed by atoms with Crippen molar-refractivity contribution >= 4 is 0 Å². The molecule has 1 heterocycles. The van der Waals surface area contributed by atoms with Crippen molar-refractivity contribution in [3.63, 3.8) is 0 Å². The summed E-state index contributed by atoms with van der Waals surface area (Å²) in [7, 11) is 0. The molecule has 0 atom stereocenters. The normalized spacial score (nSPS) is 23.9. The summed E-state index contributed by atoms with van der Waals surface area (Å²) in [6.07, 6.45) is 2.04. The van der Waals surface area contributed by atoms with Crippen LogP contribution in [0.1, 0.15) is 40.5 Å². The minimum absolute atomic E-state index is 0.0816. The van der Waals surface area contributed by atoms with Crippen LogP contribution in [0.3, 0.4) is 0 Å². The van der Waals surface area contributed by atoms with Gasteiger partial charge in [-0.15, -0.1) is 0 Å². The zero-order valence-corrected chi connectivity index (χ0v) is 9.22. The number of rotatable bonds is 0. The third kappa shape index (κ3) is 2.45. The Morgan fingerprint density at radius 2 is 1.69 bits per heavy atom. The van der Waals surface area contributed by atoms with Crippen molar-refractivity contribution in [1.82, 2.24) is 4.90 Å². The molecular formula is C11H20N2. The van der Waals surface area contributed by atoms with E-state index in [-0.39, 0.29) is 11.1 Å². The summed E-state index contributed by atoms with van der Waals surface area (Å²) in [5.74, 6) is 0. The Balaban J connectivity index is 2.54. The first kappa shape index (κ1) is 10.5. The van der Waals surface area contributed by atoms with E-state index in [1.807, 2.05) is 0 Å². The van der Waals surface area contributed by atoms with Crippen LogP contribution in [-0.2, 0) is 0 Å². The summed E-state index contributed by atoms with van der Waals surface area (Å²) in [5, 5.41) is 0. The fourth-order valence-corrected chi connectivity index (χ4v) is 1.77. The SMILES string of the molecule is [C-]#[N+]C1(C)CCN(C(C)(C)C)CC1. The molecule has 0 bridgehead atoms. The first-order chi connectivity index (χ1) is 5.87. The van der Waals surface area contributed by atoms with Crippen LogP contribution < -0.4 is 0 Å². The van der Waals surface area contributed by atoms with E-state index in [9.17, 15) is 0 Å². The van der Waals surface area contributed by atoms with E-state index in [2.05, 4.69) is 37.4 Å². The predicted octanol–water partition coefficient (Wildman–Crippen LogP) is 2.56. The number of hydrogen-bond donors (Lipinski definition) is 0. The van der Waals surface area contributed by atoms with Crippen molar-refractivity contribution in [2.75, 3.05) is 13.1 Å². The van der Waals surface area contributed by atoms with Crippen molar-refractivity contribution in [3.8, 4) is 0 Å². The molecule has 2 heteroatoms. The van der Waals surface area contributed by atoms with E-state index >= 15 is 0 Å². The lowest BCUT2D eigenvalue weighted by Gasteiger charge is -2.40. The molecule has 2 nitrogen and oxygen atoms in total. The molecule has 0 aliphatic carbocycles. The summed E-state index contributed by atoms with van der Waals surface area (Å²) < 4.78 is 0. The molecule has 0 aromatic carbocycles. The van der Waals surface area contributed by atoms with Gasteiger partial charge in [0.25, 0.3) is 0 Å². The Morgan fingerprint density at radius 3 is 2.00 bits per heavy atom. The number of hydrogen-bond acceptors (Lipinski definition) is 1. The lowest BCUT2D eigenvalue weighted by atomic mass is 9.88. The van der Waals surface area contributed by atoms with Crippen LogP contribution in [0.25, 0.3) is 4.85 Å². The molecular weight excluding hydrogens is 160 g/mol. The average Bonchev–Trinajstić information content (AvgIpc) is 2.04. The van der Waals surface area contributed by atoms with E-state index in [1.165, 1.54) is 0 Å². The Bertz CT molecular complexity index is 211. The monoisotopic (exact) mass is 180 g/mol. The molecule has 0 aromatic rings. The Hall–Kier alpha value is -0.550. The second-order valence-electron chi connectivity index (χ2n) is 5.27. The number of nitrogens with zero attached hydrogens (tertiary/aromatic N) is 2. The third-order valence-electron chi connectivity index (χ3n) is 3.06. The predicted molar refractivity (Wildman–Crippen MR) is 55.6 cm³/mol. The molecule has 0 unspecified atom stereocenters. The van der Waals surface area contributed by atoms with Gasteiger partial charge in [0.05, 0.1) is 0 Å². The minimum atomic E-state index is -0.0816. The summed E-state index contributed by atoms with van der Waals surface area (Å²) >= 11 is 0. The van der Waals surface area contributed by atoms with Crippen LogP contribution in [0.2, 0.25) is 0 Å². The van der Waals surface area contributed by atoms with Crippen molar-refractivity contribution in [1.29, 1.82) is 0 Å². The highest BCUT2D eigenvalue weighted by Gasteiger charge is 2.37. The largest absolute Gasteiger partial charge is 0.311 e. The van der Waals surface area contributed by atoms with Gasteiger partial charge in [-0.3, -0.25) is 4.90 Å². The average molecular weight is 180 g/mol. The van der Waals surface area contributed by atoms with E-state index in [1.54, 1.807) is 0 Å². The molecule has 13 heavy (non-hydrogen) atoms. The molecule has 0 N–H and O–H groups in total. The molecule has 0 amide bonds. The van der Waals surface area contributed by atoms with Crippen molar-refractivity contribution in [2.45, 2.75) is 51.6 Å². The number of piperidine rings is 1. The van der Waals surface area contributed by atoms with Gasteiger partial charge in [-0.25, -0.2) is 6.57 Å². The first-order valence-electron chi connectivity index (χ1n) is 5.01. The summed E-state index contributed by atoms with van der Waals surface area (Å²) in [4.78, 5) is 6.19. The lowest BCUT2D eigenvalue weighted by molar-refractivity contribution is 0.0907. The maximum atomic E-state index is 7.12. The highest BCUT2D eigenvalue weighted by molar-refractivity contribution is 4.99. The Kier molecular flexibility index (Phi) is 2.68. The van der Waals surface area contributed by atoms with Crippen LogP contribution in [0.4, 0.5) is 0 Å². The van der Waals surface area contributed by atoms with Crippen LogP contribution >= 0.6 is 0 Å². The summed E-state index contributed by atoms with van der Waals surface area (Å²) in [6.45, 7) is 18.1. The van der Waals surface area contributed by atoms with Crippen LogP contribution in [0.15, 0.2) is 0 Å². The van der Waals surface area contributed by atoms with Crippen LogP contribution in [0.5, 0.6) is 0 Å². The molecule has 74 valence electrons. The molecule has 0 aromatic heterocycles. The van der Waals surface area contributed by atoms with Gasteiger partial charge in [-0.2, -0.15) is 0 Å². The molecule has 1 aliphatic rings. The molecule has 0 saturated carbocycles. The van der Waals surface area contributed by atoms with Gasteiger partial charge in [-0.05, 0) is 20.8 Å². The summed E-state index contributed by atoms with van der Waals surface area (Å²) in [5.41, 5.74) is 0.186. The van der Waals surface area contributed by atoms with Gasteiger partial charge < -0.3 is 4.85 Å². The fraction of sp³-hybridized carbons (Fsp3) is 0.909. The van der Waals surface area contributed by atoms with Gasteiger partial charge in [0.1, 0.15) is 0 Å². The summed E-state index contributed by atoms with van der Waals surface area (Å²) in [6, 6.07) is 0. The smallest absolute Gasteiger partial charge is 0.232 e. The van der Waals surface area contributed by atoms with Gasteiger partial charge in [-0.1, -0.05) is 0 Å². The maximum absolute atomic E-state index is 7.12. The maximum Gasteiger partial charge on any atom is 0.232 e. The quantitative estimate of drug-likeness (QED) is 0.520. The second kappa shape index (κ2) is 3.31. The van der Waals surface area contributed by atoms with Gasteiger partial charge in [0.2, 0.25) is 5.54 Å². The standard InChI is InChI=1S/C11H20N2/c1-10(2,3)13-8-6-11(4,12-5)7-9-13/h6-9H2,1-4H3. The van der Waals surface area contributed by atoms with Crippen molar-refractivity contribution < 1.29 is 0 Å². The van der Waals surface area contributed by atoms with Crippen molar-refractivity contribution in [3.05, 3.63) is 11.4 Å². The molecule has 1 aliphatic heterocycles. The molecule has 0 spiro atoms. The van der Waals surface area contributed by atoms with Crippen molar-refractivity contribution in [2.24, 2.45) is 0 Å².